The van der Waals surface area contributed by atoms with Crippen molar-refractivity contribution in [3.63, 3.8) is 0 Å². The smallest absolute Gasteiger partial charge is 0.254 e. The van der Waals surface area contributed by atoms with E-state index in [1.807, 2.05) is 13.8 Å². The molecule has 0 aromatic heterocycles. The molecule has 0 fully saturated rings. The maximum absolute atomic E-state index is 13.6. The number of hydrogen-bond donors (Lipinski definition) is 2. The lowest BCUT2D eigenvalue weighted by atomic mass is 9.94. The van der Waals surface area contributed by atoms with Crippen LogP contribution in [0.25, 0.3) is 0 Å². The molecule has 1 aromatic rings. The van der Waals surface area contributed by atoms with Crippen LogP contribution in [0.5, 0.6) is 0 Å². The second-order valence-corrected chi connectivity index (χ2v) is 5.76. The van der Waals surface area contributed by atoms with E-state index >= 15 is 0 Å². The van der Waals surface area contributed by atoms with E-state index in [4.69, 9.17) is 0 Å². The number of carbonyl (C=O) groups is 1. The maximum Gasteiger partial charge on any atom is 0.254 e. The number of benzene rings is 1. The van der Waals surface area contributed by atoms with Crippen LogP contribution < -0.4 is 5.32 Å². The Morgan fingerprint density at radius 1 is 1.47 bits per heavy atom. The minimum absolute atomic E-state index is 0.00551. The van der Waals surface area contributed by atoms with Crippen LogP contribution in [0.3, 0.4) is 0 Å². The zero-order valence-electron chi connectivity index (χ0n) is 12.0. The standard InChI is InChI=1S/C15H22FNO2/c1-10(2)8-15(4,19)9-17-14(18)12-6-5-11(3)7-13(12)16/h5-7,10,19H,8-9H2,1-4H3,(H,17,18). The minimum Gasteiger partial charge on any atom is -0.388 e. The van der Waals surface area contributed by atoms with Crippen molar-refractivity contribution in [3.8, 4) is 0 Å². The number of aliphatic hydroxyl groups is 1. The lowest BCUT2D eigenvalue weighted by molar-refractivity contribution is 0.0367. The average molecular weight is 267 g/mol. The van der Waals surface area contributed by atoms with Gasteiger partial charge in [-0.3, -0.25) is 4.79 Å². The fourth-order valence-electron chi connectivity index (χ4n) is 2.12. The van der Waals surface area contributed by atoms with E-state index in [2.05, 4.69) is 5.32 Å². The second kappa shape index (κ2) is 6.15. The highest BCUT2D eigenvalue weighted by Gasteiger charge is 2.23. The SMILES string of the molecule is Cc1ccc(C(=O)NCC(C)(O)CC(C)C)c(F)c1. The molecule has 3 nitrogen and oxygen atoms in total. The summed E-state index contributed by atoms with van der Waals surface area (Å²) >= 11 is 0. The topological polar surface area (TPSA) is 49.3 Å². The summed E-state index contributed by atoms with van der Waals surface area (Å²) in [5.41, 5.74) is -0.211. The summed E-state index contributed by atoms with van der Waals surface area (Å²) in [4.78, 5) is 11.8. The largest absolute Gasteiger partial charge is 0.388 e. The fraction of sp³-hybridized carbons (Fsp3) is 0.533. The Morgan fingerprint density at radius 2 is 2.11 bits per heavy atom. The molecular formula is C15H22FNO2. The number of carbonyl (C=O) groups excluding carboxylic acids is 1. The molecular weight excluding hydrogens is 245 g/mol. The van der Waals surface area contributed by atoms with E-state index in [1.54, 1.807) is 19.9 Å². The highest BCUT2D eigenvalue weighted by Crippen LogP contribution is 2.16. The zero-order valence-corrected chi connectivity index (χ0v) is 12.0. The Bertz CT molecular complexity index is 455. The van der Waals surface area contributed by atoms with Crippen molar-refractivity contribution in [1.29, 1.82) is 0 Å². The van der Waals surface area contributed by atoms with Gasteiger partial charge in [0.1, 0.15) is 5.82 Å². The quantitative estimate of drug-likeness (QED) is 0.861. The van der Waals surface area contributed by atoms with Gasteiger partial charge in [0.2, 0.25) is 0 Å². The van der Waals surface area contributed by atoms with E-state index in [0.29, 0.717) is 12.3 Å². The maximum atomic E-state index is 13.6. The van der Waals surface area contributed by atoms with Gasteiger partial charge in [-0.2, -0.15) is 0 Å². The van der Waals surface area contributed by atoms with E-state index in [0.717, 1.165) is 5.56 Å². The number of halogens is 1. The molecule has 1 aromatic carbocycles. The lowest BCUT2D eigenvalue weighted by Gasteiger charge is -2.25. The summed E-state index contributed by atoms with van der Waals surface area (Å²) in [7, 11) is 0. The van der Waals surface area contributed by atoms with Gasteiger partial charge in [0.05, 0.1) is 11.2 Å². The molecule has 1 amide bonds. The Balaban J connectivity index is 2.65. The molecule has 0 aliphatic carbocycles. The van der Waals surface area contributed by atoms with Crippen molar-refractivity contribution in [2.75, 3.05) is 6.54 Å². The summed E-state index contributed by atoms with van der Waals surface area (Å²) in [5.74, 6) is -0.717. The van der Waals surface area contributed by atoms with Crippen LogP contribution in [-0.4, -0.2) is 23.2 Å². The monoisotopic (exact) mass is 267 g/mol. The number of aryl methyl sites for hydroxylation is 1. The molecule has 0 spiro atoms. The molecule has 106 valence electrons. The van der Waals surface area contributed by atoms with Gasteiger partial charge in [-0.15, -0.1) is 0 Å². The molecule has 0 aliphatic rings. The third-order valence-corrected chi connectivity index (χ3v) is 2.85. The molecule has 2 N–H and O–H groups in total. The van der Waals surface area contributed by atoms with Gasteiger partial charge in [-0.1, -0.05) is 19.9 Å². The van der Waals surface area contributed by atoms with Crippen LogP contribution >= 0.6 is 0 Å². The van der Waals surface area contributed by atoms with Gasteiger partial charge >= 0.3 is 0 Å². The van der Waals surface area contributed by atoms with Crippen molar-refractivity contribution < 1.29 is 14.3 Å². The Hall–Kier alpha value is -1.42. The summed E-state index contributed by atoms with van der Waals surface area (Å²) in [6.45, 7) is 7.53. The van der Waals surface area contributed by atoms with Crippen LogP contribution in [0.1, 0.15) is 43.1 Å². The van der Waals surface area contributed by atoms with E-state index in [-0.39, 0.29) is 12.1 Å². The summed E-state index contributed by atoms with van der Waals surface area (Å²) in [5, 5.41) is 12.7. The Morgan fingerprint density at radius 3 is 2.63 bits per heavy atom. The van der Waals surface area contributed by atoms with Crippen molar-refractivity contribution in [3.05, 3.63) is 35.1 Å². The first kappa shape index (κ1) is 15.6. The highest BCUT2D eigenvalue weighted by molar-refractivity contribution is 5.94. The molecule has 0 bridgehead atoms. The molecule has 0 radical (unpaired) electrons. The molecule has 0 aliphatic heterocycles. The Kier molecular flexibility index (Phi) is 5.06. The molecule has 0 saturated heterocycles. The van der Waals surface area contributed by atoms with Crippen LogP contribution in [0, 0.1) is 18.7 Å². The summed E-state index contributed by atoms with van der Waals surface area (Å²) < 4.78 is 13.6. The lowest BCUT2D eigenvalue weighted by Crippen LogP contribution is -2.41. The van der Waals surface area contributed by atoms with E-state index in [9.17, 15) is 14.3 Å². The molecule has 1 atom stereocenters. The van der Waals surface area contributed by atoms with Crippen molar-refractivity contribution in [2.24, 2.45) is 5.92 Å². The first-order chi connectivity index (χ1) is 8.71. The molecule has 1 unspecified atom stereocenters. The molecule has 0 saturated carbocycles. The second-order valence-electron chi connectivity index (χ2n) is 5.76. The van der Waals surface area contributed by atoms with Crippen LogP contribution in [-0.2, 0) is 0 Å². The molecule has 4 heteroatoms. The van der Waals surface area contributed by atoms with Crippen molar-refractivity contribution >= 4 is 5.91 Å². The van der Waals surface area contributed by atoms with Gasteiger partial charge in [0.15, 0.2) is 0 Å². The molecule has 19 heavy (non-hydrogen) atoms. The van der Waals surface area contributed by atoms with Crippen LogP contribution in [0.15, 0.2) is 18.2 Å². The van der Waals surface area contributed by atoms with Crippen molar-refractivity contribution in [1.82, 2.24) is 5.32 Å². The fourth-order valence-corrected chi connectivity index (χ4v) is 2.12. The summed E-state index contributed by atoms with van der Waals surface area (Å²) in [6.07, 6.45) is 0.573. The van der Waals surface area contributed by atoms with Gasteiger partial charge in [-0.05, 0) is 43.9 Å². The third kappa shape index (κ3) is 4.99. The van der Waals surface area contributed by atoms with Crippen LogP contribution in [0.2, 0.25) is 0 Å². The van der Waals surface area contributed by atoms with E-state index in [1.165, 1.54) is 12.1 Å². The first-order valence-electron chi connectivity index (χ1n) is 6.48. The number of amides is 1. The molecule has 0 heterocycles. The predicted octanol–water partition coefficient (Wildman–Crippen LogP) is 2.66. The van der Waals surface area contributed by atoms with E-state index < -0.39 is 17.3 Å². The normalized spacial score (nSPS) is 14.3. The van der Waals surface area contributed by atoms with Gasteiger partial charge in [0.25, 0.3) is 5.91 Å². The zero-order chi connectivity index (χ0) is 14.6. The summed E-state index contributed by atoms with van der Waals surface area (Å²) in [6, 6.07) is 4.46. The van der Waals surface area contributed by atoms with Crippen molar-refractivity contribution in [2.45, 2.75) is 39.7 Å². The predicted molar refractivity (Wildman–Crippen MR) is 73.5 cm³/mol. The van der Waals surface area contributed by atoms with Crippen LogP contribution in [0.4, 0.5) is 4.39 Å². The first-order valence-corrected chi connectivity index (χ1v) is 6.48. The minimum atomic E-state index is -0.981. The number of nitrogens with one attached hydrogen (secondary N) is 1. The molecule has 1 rings (SSSR count). The number of rotatable bonds is 5. The average Bonchev–Trinajstić information content (AvgIpc) is 2.24. The third-order valence-electron chi connectivity index (χ3n) is 2.85. The van der Waals surface area contributed by atoms with Gasteiger partial charge in [-0.25, -0.2) is 4.39 Å². The highest BCUT2D eigenvalue weighted by atomic mass is 19.1. The number of hydrogen-bond acceptors (Lipinski definition) is 2. The Labute approximate surface area is 113 Å². The van der Waals surface area contributed by atoms with Gasteiger partial charge in [0, 0.05) is 6.54 Å². The van der Waals surface area contributed by atoms with Gasteiger partial charge < -0.3 is 10.4 Å².